The number of carbonyl (C=O) groups is 1. The molecule has 0 atom stereocenters. The zero-order valence-corrected chi connectivity index (χ0v) is 15.9. The van der Waals surface area contributed by atoms with Crippen LogP contribution in [0.4, 0.5) is 0 Å². The Morgan fingerprint density at radius 1 is 1.07 bits per heavy atom. The molecule has 0 spiro atoms. The van der Waals surface area contributed by atoms with Gasteiger partial charge in [-0.1, -0.05) is 30.3 Å². The molecule has 3 rings (SSSR count). The number of hydrogen-bond donors (Lipinski definition) is 1. The summed E-state index contributed by atoms with van der Waals surface area (Å²) in [5.74, 6) is 0.255. The number of ether oxygens (including phenoxy) is 2. The van der Waals surface area contributed by atoms with Gasteiger partial charge in [-0.3, -0.25) is 9.69 Å². The first-order valence-corrected chi connectivity index (χ1v) is 9.09. The molecular formula is C21H26N2O4. The summed E-state index contributed by atoms with van der Waals surface area (Å²) in [7, 11) is 3.52. The molecule has 0 amide bonds. The Bertz CT molecular complexity index is 771. The van der Waals surface area contributed by atoms with Gasteiger partial charge >= 0.3 is 0 Å². The van der Waals surface area contributed by atoms with Crippen LogP contribution in [0.1, 0.15) is 15.9 Å². The quantitative estimate of drug-likeness (QED) is 0.756. The highest BCUT2D eigenvalue weighted by Gasteiger charge is 2.23. The lowest BCUT2D eigenvalue weighted by Crippen LogP contribution is -2.46. The fourth-order valence-electron chi connectivity index (χ4n) is 3.13. The second-order valence-corrected chi connectivity index (χ2v) is 6.77. The van der Waals surface area contributed by atoms with E-state index in [0.29, 0.717) is 24.5 Å². The number of Topliss-reactive ketones (excluding diaryl/α,β-unsaturated/α-hetero) is 1. The van der Waals surface area contributed by atoms with Gasteiger partial charge in [0.15, 0.2) is 17.3 Å². The molecule has 1 aliphatic heterocycles. The molecule has 1 saturated heterocycles. The van der Waals surface area contributed by atoms with Crippen molar-refractivity contribution in [2.75, 3.05) is 46.9 Å². The maximum absolute atomic E-state index is 12.7. The third-order valence-electron chi connectivity index (χ3n) is 4.80. The van der Waals surface area contributed by atoms with E-state index in [2.05, 4.69) is 16.8 Å². The van der Waals surface area contributed by atoms with Crippen molar-refractivity contribution in [1.29, 1.82) is 0 Å². The number of carbonyl (C=O) groups excluding carboxylic acids is 1. The third kappa shape index (κ3) is 4.78. The summed E-state index contributed by atoms with van der Waals surface area (Å²) in [6, 6.07) is 13.0. The number of phenols is 1. The van der Waals surface area contributed by atoms with Crippen LogP contribution >= 0.6 is 0 Å². The van der Waals surface area contributed by atoms with E-state index in [-0.39, 0.29) is 17.3 Å². The minimum Gasteiger partial charge on any atom is -0.502 e. The molecule has 0 aromatic heterocycles. The number of phenolic OH excluding ortho intramolecular Hbond substituents is 1. The van der Waals surface area contributed by atoms with Crippen LogP contribution in [0, 0.1) is 0 Å². The number of nitrogens with zero attached hydrogens (tertiary/aromatic N) is 2. The van der Waals surface area contributed by atoms with E-state index in [0.717, 1.165) is 31.7 Å². The number of likely N-dealkylation sites (N-methyl/N-ethyl adjacent to an activating group) is 1. The molecule has 1 aliphatic rings. The Morgan fingerprint density at radius 3 is 2.44 bits per heavy atom. The number of benzene rings is 2. The minimum atomic E-state index is -0.141. The van der Waals surface area contributed by atoms with Crippen molar-refractivity contribution >= 4 is 5.78 Å². The summed E-state index contributed by atoms with van der Waals surface area (Å²) >= 11 is 0. The Balaban J connectivity index is 1.70. The van der Waals surface area contributed by atoms with Crippen molar-refractivity contribution in [1.82, 2.24) is 9.80 Å². The number of hydrogen-bond acceptors (Lipinski definition) is 6. The minimum absolute atomic E-state index is 0.0682. The van der Waals surface area contributed by atoms with Gasteiger partial charge in [-0.15, -0.1) is 0 Å². The van der Waals surface area contributed by atoms with Crippen molar-refractivity contribution in [3.63, 3.8) is 0 Å². The molecule has 1 N–H and O–H groups in total. The van der Waals surface area contributed by atoms with Crippen molar-refractivity contribution in [3.8, 4) is 17.2 Å². The number of aromatic hydroxyl groups is 1. The van der Waals surface area contributed by atoms with E-state index in [1.54, 1.807) is 12.1 Å². The summed E-state index contributed by atoms with van der Waals surface area (Å²) in [5, 5.41) is 10.5. The zero-order valence-electron chi connectivity index (χ0n) is 15.9. The summed E-state index contributed by atoms with van der Waals surface area (Å²) in [4.78, 5) is 17.1. The number of piperazine rings is 1. The molecule has 0 aliphatic carbocycles. The van der Waals surface area contributed by atoms with E-state index >= 15 is 0 Å². The van der Waals surface area contributed by atoms with Crippen molar-refractivity contribution < 1.29 is 19.4 Å². The Kier molecular flexibility index (Phi) is 6.32. The van der Waals surface area contributed by atoms with Gasteiger partial charge in [0.05, 0.1) is 19.2 Å². The van der Waals surface area contributed by atoms with Gasteiger partial charge in [0, 0.05) is 26.2 Å². The second-order valence-electron chi connectivity index (χ2n) is 6.77. The smallest absolute Gasteiger partial charge is 0.201 e. The van der Waals surface area contributed by atoms with Gasteiger partial charge in [0.2, 0.25) is 5.75 Å². The summed E-state index contributed by atoms with van der Waals surface area (Å²) in [5.41, 5.74) is 1.37. The SMILES string of the molecule is COc1c(C(=O)CN2CCN(C)CC2)ccc(OCc2ccccc2)c1O. The predicted molar refractivity (Wildman–Crippen MR) is 104 cm³/mol. The fraction of sp³-hybridized carbons (Fsp3) is 0.381. The second kappa shape index (κ2) is 8.88. The molecule has 1 fully saturated rings. The van der Waals surface area contributed by atoms with Gasteiger partial charge in [-0.2, -0.15) is 0 Å². The lowest BCUT2D eigenvalue weighted by atomic mass is 10.1. The fourth-order valence-corrected chi connectivity index (χ4v) is 3.13. The van der Waals surface area contributed by atoms with E-state index < -0.39 is 0 Å². The Hall–Kier alpha value is -2.57. The van der Waals surface area contributed by atoms with Crippen LogP contribution in [-0.2, 0) is 6.61 Å². The third-order valence-corrected chi connectivity index (χ3v) is 4.80. The molecule has 2 aromatic rings. The Morgan fingerprint density at radius 2 is 1.78 bits per heavy atom. The van der Waals surface area contributed by atoms with Gasteiger partial charge < -0.3 is 19.5 Å². The topological polar surface area (TPSA) is 62.2 Å². The first-order valence-electron chi connectivity index (χ1n) is 9.09. The van der Waals surface area contributed by atoms with Gasteiger partial charge in [0.1, 0.15) is 6.61 Å². The molecule has 27 heavy (non-hydrogen) atoms. The first kappa shape index (κ1) is 19.2. The van der Waals surface area contributed by atoms with Crippen molar-refractivity contribution in [2.24, 2.45) is 0 Å². The monoisotopic (exact) mass is 370 g/mol. The lowest BCUT2D eigenvalue weighted by molar-refractivity contribution is 0.0872. The van der Waals surface area contributed by atoms with Gasteiger partial charge in [-0.25, -0.2) is 0 Å². The molecule has 6 heteroatoms. The van der Waals surface area contributed by atoms with E-state index in [9.17, 15) is 9.90 Å². The molecule has 0 bridgehead atoms. The standard InChI is InChI=1S/C21H26N2O4/c1-22-10-12-23(13-11-22)14-18(24)17-8-9-19(20(25)21(17)26-2)27-15-16-6-4-3-5-7-16/h3-9,25H,10-15H2,1-2H3. The van der Waals surface area contributed by atoms with Crippen LogP contribution < -0.4 is 9.47 Å². The average molecular weight is 370 g/mol. The van der Waals surface area contributed by atoms with Crippen LogP contribution in [-0.4, -0.2) is 67.6 Å². The summed E-state index contributed by atoms with van der Waals surface area (Å²) < 4.78 is 11.0. The average Bonchev–Trinajstić information content (AvgIpc) is 2.69. The van der Waals surface area contributed by atoms with Crippen molar-refractivity contribution in [2.45, 2.75) is 6.61 Å². The van der Waals surface area contributed by atoms with Crippen LogP contribution in [0.3, 0.4) is 0 Å². The molecule has 144 valence electrons. The van der Waals surface area contributed by atoms with E-state index in [1.807, 2.05) is 30.3 Å². The summed E-state index contributed by atoms with van der Waals surface area (Å²) in [6.07, 6.45) is 0. The number of ketones is 1. The first-order chi connectivity index (χ1) is 13.1. The number of methoxy groups -OCH3 is 1. The Labute approximate surface area is 159 Å². The van der Waals surface area contributed by atoms with Crippen molar-refractivity contribution in [3.05, 3.63) is 53.6 Å². The molecule has 1 heterocycles. The molecule has 2 aromatic carbocycles. The van der Waals surface area contributed by atoms with Crippen LogP contribution in [0.15, 0.2) is 42.5 Å². The van der Waals surface area contributed by atoms with E-state index in [4.69, 9.17) is 9.47 Å². The van der Waals surface area contributed by atoms with Crippen LogP contribution in [0.2, 0.25) is 0 Å². The molecule has 0 radical (unpaired) electrons. The van der Waals surface area contributed by atoms with Crippen LogP contribution in [0.5, 0.6) is 17.2 Å². The largest absolute Gasteiger partial charge is 0.502 e. The molecule has 6 nitrogen and oxygen atoms in total. The normalized spacial score (nSPS) is 15.5. The van der Waals surface area contributed by atoms with Gasteiger partial charge in [0.25, 0.3) is 0 Å². The highest BCUT2D eigenvalue weighted by molar-refractivity contribution is 6.01. The highest BCUT2D eigenvalue weighted by Crippen LogP contribution is 2.39. The lowest BCUT2D eigenvalue weighted by Gasteiger charge is -2.31. The molecule has 0 saturated carbocycles. The van der Waals surface area contributed by atoms with Crippen LogP contribution in [0.25, 0.3) is 0 Å². The zero-order chi connectivity index (χ0) is 19.2. The maximum atomic E-state index is 12.7. The molecular weight excluding hydrogens is 344 g/mol. The van der Waals surface area contributed by atoms with E-state index in [1.165, 1.54) is 7.11 Å². The maximum Gasteiger partial charge on any atom is 0.201 e. The number of rotatable bonds is 7. The predicted octanol–water partition coefficient (Wildman–Crippen LogP) is 2.41. The van der Waals surface area contributed by atoms with Gasteiger partial charge in [-0.05, 0) is 24.7 Å². The highest BCUT2D eigenvalue weighted by atomic mass is 16.5. The summed E-state index contributed by atoms with van der Waals surface area (Å²) in [6.45, 7) is 4.24. The molecule has 0 unspecified atom stereocenters.